The average molecular weight is 507 g/mol. The van der Waals surface area contributed by atoms with E-state index in [0.717, 1.165) is 21.6 Å². The van der Waals surface area contributed by atoms with Gasteiger partial charge in [-0.25, -0.2) is 0 Å². The molecule has 0 aliphatic carbocycles. The molecule has 0 spiro atoms. The highest BCUT2D eigenvalue weighted by molar-refractivity contribution is 7.10. The fourth-order valence-electron chi connectivity index (χ4n) is 4.94. The van der Waals surface area contributed by atoms with Gasteiger partial charge in [-0.05, 0) is 53.3 Å². The van der Waals surface area contributed by atoms with Crippen molar-refractivity contribution in [1.82, 2.24) is 20.0 Å². The number of guanidine groups is 1. The van der Waals surface area contributed by atoms with Gasteiger partial charge in [0.25, 0.3) is 5.91 Å². The number of benzene rings is 2. The molecule has 2 atom stereocenters. The molecule has 184 valence electrons. The molecule has 2 aromatic carbocycles. The van der Waals surface area contributed by atoms with Gasteiger partial charge in [-0.15, -0.1) is 11.3 Å². The summed E-state index contributed by atoms with van der Waals surface area (Å²) in [4.78, 5) is 16.4. The molecule has 1 saturated heterocycles. The number of hydrogen-bond donors (Lipinski definition) is 2. The number of nitriles is 1. The molecule has 1 aliphatic rings. The molecule has 1 amide bonds. The third kappa shape index (κ3) is 4.03. The van der Waals surface area contributed by atoms with Crippen molar-refractivity contribution in [2.24, 2.45) is 0 Å². The summed E-state index contributed by atoms with van der Waals surface area (Å²) in [6.07, 6.45) is 7.83. The number of allylic oxidation sites excluding steroid dienone is 1. The van der Waals surface area contributed by atoms with E-state index in [2.05, 4.69) is 16.5 Å². The Morgan fingerprint density at radius 3 is 2.68 bits per heavy atom. The molecule has 0 radical (unpaired) electrons. The van der Waals surface area contributed by atoms with Crippen molar-refractivity contribution in [3.8, 4) is 17.2 Å². The predicted octanol–water partition coefficient (Wildman–Crippen LogP) is 5.19. The Bertz CT molecular complexity index is 1520. The van der Waals surface area contributed by atoms with Crippen LogP contribution in [0.5, 0.6) is 0 Å². The van der Waals surface area contributed by atoms with Gasteiger partial charge >= 0.3 is 0 Å². The van der Waals surface area contributed by atoms with Crippen LogP contribution >= 0.6 is 11.3 Å². The lowest BCUT2D eigenvalue weighted by Crippen LogP contribution is -2.73. The highest BCUT2D eigenvalue weighted by Gasteiger charge is 2.61. The minimum atomic E-state index is -1.18. The largest absolute Gasteiger partial charge is 0.343 e. The summed E-state index contributed by atoms with van der Waals surface area (Å²) in [5, 5.41) is 27.9. The van der Waals surface area contributed by atoms with Crippen LogP contribution in [0.25, 0.3) is 17.2 Å². The van der Waals surface area contributed by atoms with Crippen molar-refractivity contribution in [2.75, 3.05) is 7.05 Å². The first-order valence-electron chi connectivity index (χ1n) is 11.9. The number of hydrogen-bond acceptors (Lipinski definition) is 5. The second kappa shape index (κ2) is 9.52. The molecule has 1 unspecified atom stereocenters. The fourth-order valence-corrected chi connectivity index (χ4v) is 6.05. The maximum atomic E-state index is 14.2. The molecule has 1 fully saturated rings. The summed E-state index contributed by atoms with van der Waals surface area (Å²) >= 11 is 1.52. The van der Waals surface area contributed by atoms with Gasteiger partial charge in [-0.3, -0.25) is 19.8 Å². The van der Waals surface area contributed by atoms with Gasteiger partial charge in [0.1, 0.15) is 5.54 Å². The quantitative estimate of drug-likeness (QED) is 0.376. The second-order valence-corrected chi connectivity index (χ2v) is 10.1. The first-order chi connectivity index (χ1) is 17.9. The summed E-state index contributed by atoms with van der Waals surface area (Å²) in [5.41, 5.74) is 1.32. The number of carbonyl (C=O) groups excluding carboxylic acids is 1. The zero-order valence-electron chi connectivity index (χ0n) is 20.6. The normalized spacial score (nSPS) is 21.7. The SMILES string of the molecule is CN1C(=N)N[C@](C)(c2cc(-c3cccc(C#N)c3)cs2)C(C/C=C/c2ccccc2)(n2cccn2)C1=O. The maximum Gasteiger partial charge on any atom is 0.260 e. The van der Waals surface area contributed by atoms with Crippen molar-refractivity contribution < 1.29 is 4.79 Å². The Labute approximate surface area is 219 Å². The summed E-state index contributed by atoms with van der Waals surface area (Å²) in [6.45, 7) is 1.96. The van der Waals surface area contributed by atoms with Gasteiger partial charge in [0.15, 0.2) is 11.5 Å². The molecule has 2 N–H and O–H groups in total. The summed E-state index contributed by atoms with van der Waals surface area (Å²) in [6, 6.07) is 23.5. The summed E-state index contributed by atoms with van der Waals surface area (Å²) in [7, 11) is 1.61. The summed E-state index contributed by atoms with van der Waals surface area (Å²) in [5.74, 6) is -0.190. The van der Waals surface area contributed by atoms with Crippen LogP contribution in [0.4, 0.5) is 0 Å². The Kier molecular flexibility index (Phi) is 6.24. The average Bonchev–Trinajstić information content (AvgIpc) is 3.64. The van der Waals surface area contributed by atoms with Crippen LogP contribution in [0, 0.1) is 16.7 Å². The number of nitrogens with zero attached hydrogens (tertiary/aromatic N) is 4. The molecule has 8 heteroatoms. The lowest BCUT2D eigenvalue weighted by Gasteiger charge is -2.52. The van der Waals surface area contributed by atoms with E-state index in [4.69, 9.17) is 5.41 Å². The summed E-state index contributed by atoms with van der Waals surface area (Å²) < 4.78 is 1.72. The monoisotopic (exact) mass is 506 g/mol. The van der Waals surface area contributed by atoms with Crippen molar-refractivity contribution in [3.63, 3.8) is 0 Å². The fraction of sp³-hybridized carbons (Fsp3) is 0.172. The maximum absolute atomic E-state index is 14.2. The highest BCUT2D eigenvalue weighted by atomic mass is 32.1. The van der Waals surface area contributed by atoms with Gasteiger partial charge in [0.05, 0.1) is 11.6 Å². The van der Waals surface area contributed by atoms with Crippen molar-refractivity contribution in [2.45, 2.75) is 24.4 Å². The highest BCUT2D eigenvalue weighted by Crippen LogP contribution is 2.48. The van der Waals surface area contributed by atoms with Crippen LogP contribution in [0.3, 0.4) is 0 Å². The first kappa shape index (κ1) is 24.2. The van der Waals surface area contributed by atoms with E-state index in [1.54, 1.807) is 24.0 Å². The van der Waals surface area contributed by atoms with Crippen LogP contribution in [-0.2, 0) is 15.9 Å². The lowest BCUT2D eigenvalue weighted by atomic mass is 9.71. The third-order valence-electron chi connectivity index (χ3n) is 7.03. The van der Waals surface area contributed by atoms with Crippen LogP contribution in [0.15, 0.2) is 90.6 Å². The van der Waals surface area contributed by atoms with Gasteiger partial charge in [0.2, 0.25) is 0 Å². The van der Waals surface area contributed by atoms with Crippen LogP contribution < -0.4 is 5.32 Å². The smallest absolute Gasteiger partial charge is 0.260 e. The molecular formula is C29H26N6OS. The molecule has 2 aromatic heterocycles. The number of aromatic nitrogens is 2. The van der Waals surface area contributed by atoms with Crippen molar-refractivity contribution in [1.29, 1.82) is 10.7 Å². The van der Waals surface area contributed by atoms with Gasteiger partial charge in [-0.2, -0.15) is 10.4 Å². The number of likely N-dealkylation sites (N-methyl/N-ethyl adjacent to an activating group) is 1. The van der Waals surface area contributed by atoms with E-state index >= 15 is 0 Å². The number of rotatable bonds is 6. The van der Waals surface area contributed by atoms with E-state index in [0.29, 0.717) is 12.0 Å². The van der Waals surface area contributed by atoms with E-state index in [9.17, 15) is 10.1 Å². The van der Waals surface area contributed by atoms with E-state index in [1.807, 2.05) is 91.3 Å². The molecule has 3 heterocycles. The van der Waals surface area contributed by atoms with Gasteiger partial charge in [0, 0.05) is 30.7 Å². The van der Waals surface area contributed by atoms with Crippen LogP contribution in [0.1, 0.15) is 29.3 Å². The zero-order valence-corrected chi connectivity index (χ0v) is 21.4. The molecule has 4 aromatic rings. The molecule has 7 nitrogen and oxygen atoms in total. The molecule has 1 aliphatic heterocycles. The Morgan fingerprint density at radius 2 is 1.95 bits per heavy atom. The molecular weight excluding hydrogens is 480 g/mol. The first-order valence-corrected chi connectivity index (χ1v) is 12.7. The molecule has 0 saturated carbocycles. The molecule has 5 rings (SSSR count). The van der Waals surface area contributed by atoms with E-state index < -0.39 is 11.1 Å². The number of thiophene rings is 1. The predicted molar refractivity (Wildman–Crippen MR) is 146 cm³/mol. The number of carbonyl (C=O) groups is 1. The van der Waals surface area contributed by atoms with E-state index in [-0.39, 0.29) is 11.9 Å². The zero-order chi connectivity index (χ0) is 26.0. The molecule has 37 heavy (non-hydrogen) atoms. The minimum Gasteiger partial charge on any atom is -0.343 e. The third-order valence-corrected chi connectivity index (χ3v) is 8.18. The molecule has 0 bridgehead atoms. The van der Waals surface area contributed by atoms with E-state index in [1.165, 1.54) is 16.2 Å². The minimum absolute atomic E-state index is 0.0312. The van der Waals surface area contributed by atoms with Gasteiger partial charge < -0.3 is 5.32 Å². The van der Waals surface area contributed by atoms with Crippen molar-refractivity contribution >= 4 is 29.3 Å². The Hall–Kier alpha value is -4.48. The van der Waals surface area contributed by atoms with Crippen LogP contribution in [-0.4, -0.2) is 33.6 Å². The van der Waals surface area contributed by atoms with Gasteiger partial charge in [-0.1, -0.05) is 54.6 Å². The number of amides is 1. The Morgan fingerprint density at radius 1 is 1.14 bits per heavy atom. The topological polar surface area (TPSA) is 97.8 Å². The lowest BCUT2D eigenvalue weighted by molar-refractivity contribution is -0.144. The number of nitrogens with one attached hydrogen (secondary N) is 2. The standard InChI is InChI=1S/C29H26N6OS/c1-28(25-18-24(20-37-25)23-13-6-11-22(17-23)19-30)29(35-16-8-15-32-35,26(36)34(2)27(31)33-28)14-7-12-21-9-4-3-5-10-21/h3-13,15-18,20H,14H2,1-2H3,(H2,31,33)/b12-7+/t28-,29?/m1/s1. The van der Waals surface area contributed by atoms with Crippen molar-refractivity contribution in [3.05, 3.63) is 107 Å². The second-order valence-electron chi connectivity index (χ2n) is 9.18. The van der Waals surface area contributed by atoms with Crippen LogP contribution in [0.2, 0.25) is 0 Å². The Balaban J connectivity index is 1.65.